The van der Waals surface area contributed by atoms with Crippen LogP contribution in [0.15, 0.2) is 10.8 Å². The Balaban J connectivity index is 1.85. The van der Waals surface area contributed by atoms with Crippen molar-refractivity contribution < 1.29 is 32.3 Å². The van der Waals surface area contributed by atoms with E-state index in [4.69, 9.17) is 9.52 Å². The van der Waals surface area contributed by atoms with Crippen molar-refractivity contribution in [2.45, 2.75) is 24.6 Å². The van der Waals surface area contributed by atoms with E-state index in [1.165, 1.54) is 0 Å². The van der Waals surface area contributed by atoms with Crippen molar-refractivity contribution in [3.63, 3.8) is 0 Å². The van der Waals surface area contributed by atoms with Gasteiger partial charge in [0, 0.05) is 18.5 Å². The number of carbonyl (C=O) groups is 2. The number of carboxylic acids is 1. The van der Waals surface area contributed by atoms with Gasteiger partial charge in [-0.25, -0.2) is 9.78 Å². The van der Waals surface area contributed by atoms with Crippen LogP contribution >= 0.6 is 0 Å². The van der Waals surface area contributed by atoms with Crippen molar-refractivity contribution in [1.29, 1.82) is 0 Å². The van der Waals surface area contributed by atoms with Crippen molar-refractivity contribution in [2.75, 3.05) is 6.54 Å². The quantitative estimate of drug-likeness (QED) is 0.886. The molecule has 3 unspecified atom stereocenters. The number of carbonyl (C=O) groups excluding carboxylic acids is 1. The number of nitrogens with zero attached hydrogens (tertiary/aromatic N) is 2. The number of alkyl halides is 3. The molecule has 0 radical (unpaired) electrons. The van der Waals surface area contributed by atoms with Gasteiger partial charge in [0.2, 0.25) is 0 Å². The van der Waals surface area contributed by atoms with Gasteiger partial charge >= 0.3 is 18.1 Å². The molecule has 6 nitrogen and oxygen atoms in total. The van der Waals surface area contributed by atoms with Crippen LogP contribution in [0.2, 0.25) is 0 Å². The average Bonchev–Trinajstić information content (AvgIpc) is 2.98. The van der Waals surface area contributed by atoms with Gasteiger partial charge in [0.1, 0.15) is 5.76 Å². The Hall–Kier alpha value is -2.06. The van der Waals surface area contributed by atoms with E-state index in [0.29, 0.717) is 6.42 Å². The van der Waals surface area contributed by atoms with Crippen LogP contribution in [-0.4, -0.2) is 45.6 Å². The van der Waals surface area contributed by atoms with E-state index in [1.807, 2.05) is 0 Å². The lowest BCUT2D eigenvalue weighted by Crippen LogP contribution is -2.45. The van der Waals surface area contributed by atoms with Crippen LogP contribution in [0.1, 0.15) is 28.6 Å². The summed E-state index contributed by atoms with van der Waals surface area (Å²) in [5.41, 5.74) is -0.300. The van der Waals surface area contributed by atoms with E-state index in [-0.39, 0.29) is 23.9 Å². The standard InChI is InChI=1S/C11H9F3N2O4/c12-11(13,14)10(19)16-2-4-1-5(16)6(4)8-7(9(17)18)15-3-20-8/h3-6H,1-2H2,(H,17,18). The van der Waals surface area contributed by atoms with Gasteiger partial charge < -0.3 is 14.4 Å². The van der Waals surface area contributed by atoms with Gasteiger partial charge in [-0.3, -0.25) is 4.79 Å². The molecule has 20 heavy (non-hydrogen) atoms. The summed E-state index contributed by atoms with van der Waals surface area (Å²) in [7, 11) is 0. The van der Waals surface area contributed by atoms with Crippen molar-refractivity contribution in [1.82, 2.24) is 9.88 Å². The third-order valence-corrected chi connectivity index (χ3v) is 3.90. The van der Waals surface area contributed by atoms with Crippen molar-refractivity contribution in [3.05, 3.63) is 17.8 Å². The number of carboxylic acid groups (broad SMARTS) is 1. The maximum absolute atomic E-state index is 12.4. The van der Waals surface area contributed by atoms with Crippen LogP contribution in [0.4, 0.5) is 13.2 Å². The molecule has 1 aromatic heterocycles. The molecule has 2 aliphatic heterocycles. The summed E-state index contributed by atoms with van der Waals surface area (Å²) >= 11 is 0. The summed E-state index contributed by atoms with van der Waals surface area (Å²) in [6, 6.07) is -0.667. The normalized spacial score (nSPS) is 28.4. The first-order chi connectivity index (χ1) is 9.30. The fraction of sp³-hybridized carbons (Fsp3) is 0.545. The Bertz CT molecular complexity index is 582. The van der Waals surface area contributed by atoms with Crippen LogP contribution in [-0.2, 0) is 4.79 Å². The zero-order valence-electron chi connectivity index (χ0n) is 9.92. The van der Waals surface area contributed by atoms with Gasteiger partial charge in [-0.15, -0.1) is 0 Å². The van der Waals surface area contributed by atoms with Crippen LogP contribution in [0, 0.1) is 5.92 Å². The Morgan fingerprint density at radius 3 is 2.75 bits per heavy atom. The van der Waals surface area contributed by atoms with E-state index in [9.17, 15) is 22.8 Å². The van der Waals surface area contributed by atoms with Crippen LogP contribution in [0.5, 0.6) is 0 Å². The van der Waals surface area contributed by atoms with Crippen LogP contribution in [0.25, 0.3) is 0 Å². The lowest BCUT2D eigenvalue weighted by molar-refractivity contribution is -0.185. The number of rotatable bonds is 2. The largest absolute Gasteiger partial charge is 0.476 e. The molecular formula is C11H9F3N2O4. The molecule has 1 amide bonds. The highest BCUT2D eigenvalue weighted by Gasteiger charge is 2.60. The summed E-state index contributed by atoms with van der Waals surface area (Å²) in [4.78, 5) is 26.5. The fourth-order valence-corrected chi connectivity index (χ4v) is 3.06. The fourth-order valence-electron chi connectivity index (χ4n) is 3.06. The monoisotopic (exact) mass is 290 g/mol. The number of aromatic nitrogens is 1. The van der Waals surface area contributed by atoms with Crippen molar-refractivity contribution in [2.24, 2.45) is 5.92 Å². The minimum absolute atomic E-state index is 0.0343. The van der Waals surface area contributed by atoms with Gasteiger partial charge in [-0.1, -0.05) is 0 Å². The van der Waals surface area contributed by atoms with E-state index in [2.05, 4.69) is 4.98 Å². The van der Waals surface area contributed by atoms with Crippen LogP contribution in [0.3, 0.4) is 0 Å². The third kappa shape index (κ3) is 1.69. The second kappa shape index (κ2) is 3.97. The van der Waals surface area contributed by atoms with E-state index in [0.717, 1.165) is 11.3 Å². The van der Waals surface area contributed by atoms with Crippen molar-refractivity contribution >= 4 is 11.9 Å². The summed E-state index contributed by atoms with van der Waals surface area (Å²) in [5, 5.41) is 8.94. The first-order valence-electron chi connectivity index (χ1n) is 5.85. The molecule has 108 valence electrons. The number of fused-ring (bicyclic) bond motifs is 1. The molecular weight excluding hydrogens is 281 g/mol. The number of aromatic carboxylic acids is 1. The second-order valence-electron chi connectivity index (χ2n) is 4.91. The Labute approximate surface area is 110 Å². The summed E-state index contributed by atoms with van der Waals surface area (Å²) in [6.45, 7) is -0.0343. The maximum Gasteiger partial charge on any atom is 0.471 e. The van der Waals surface area contributed by atoms with Gasteiger partial charge in [0.25, 0.3) is 0 Å². The smallest absolute Gasteiger partial charge is 0.471 e. The first kappa shape index (κ1) is 12.9. The Morgan fingerprint density at radius 2 is 2.15 bits per heavy atom. The lowest BCUT2D eigenvalue weighted by atomic mass is 9.72. The van der Waals surface area contributed by atoms with Gasteiger partial charge in [-0.2, -0.15) is 13.2 Å². The Morgan fingerprint density at radius 1 is 1.45 bits per heavy atom. The minimum Gasteiger partial charge on any atom is -0.476 e. The Kier molecular flexibility index (Phi) is 2.57. The number of oxazole rings is 1. The minimum atomic E-state index is -4.92. The highest BCUT2D eigenvalue weighted by Crippen LogP contribution is 2.53. The zero-order valence-corrected chi connectivity index (χ0v) is 9.92. The highest BCUT2D eigenvalue weighted by molar-refractivity contribution is 5.87. The molecule has 1 aliphatic carbocycles. The molecule has 3 heterocycles. The number of hydrogen-bond acceptors (Lipinski definition) is 4. The number of halogens is 3. The predicted molar refractivity (Wildman–Crippen MR) is 55.9 cm³/mol. The van der Waals surface area contributed by atoms with E-state index < -0.39 is 30.0 Å². The maximum atomic E-state index is 12.4. The molecule has 4 rings (SSSR count). The summed E-state index contributed by atoms with van der Waals surface area (Å²) in [5.74, 6) is -3.86. The molecule has 1 aromatic rings. The summed E-state index contributed by atoms with van der Waals surface area (Å²) < 4.78 is 42.4. The first-order valence-corrected chi connectivity index (χ1v) is 5.85. The number of hydrogen-bond donors (Lipinski definition) is 1. The molecule has 2 bridgehead atoms. The SMILES string of the molecule is O=C(O)c1ncoc1C1C2CC1N(C(=O)C(F)(F)F)C2. The predicted octanol–water partition coefficient (Wildman–Crippen LogP) is 1.25. The highest BCUT2D eigenvalue weighted by atomic mass is 19.4. The topological polar surface area (TPSA) is 83.6 Å². The third-order valence-electron chi connectivity index (χ3n) is 3.90. The summed E-state index contributed by atoms with van der Waals surface area (Å²) in [6.07, 6.45) is -3.54. The average molecular weight is 290 g/mol. The van der Waals surface area contributed by atoms with Gasteiger partial charge in [0.05, 0.1) is 0 Å². The van der Waals surface area contributed by atoms with Gasteiger partial charge in [-0.05, 0) is 12.3 Å². The van der Waals surface area contributed by atoms with E-state index >= 15 is 0 Å². The molecule has 1 saturated carbocycles. The van der Waals surface area contributed by atoms with Gasteiger partial charge in [0.15, 0.2) is 12.1 Å². The number of amides is 1. The molecule has 3 aliphatic rings. The molecule has 0 spiro atoms. The van der Waals surface area contributed by atoms with E-state index in [1.54, 1.807) is 0 Å². The molecule has 3 atom stereocenters. The lowest BCUT2D eigenvalue weighted by Gasteiger charge is -2.35. The molecule has 0 aromatic carbocycles. The zero-order chi connectivity index (χ0) is 14.7. The second-order valence-corrected chi connectivity index (χ2v) is 4.91. The molecule has 2 saturated heterocycles. The van der Waals surface area contributed by atoms with Crippen molar-refractivity contribution in [3.8, 4) is 0 Å². The van der Waals surface area contributed by atoms with Crippen LogP contribution < -0.4 is 0 Å². The molecule has 3 fully saturated rings. The molecule has 1 N–H and O–H groups in total. The molecule has 9 heteroatoms.